The molecule has 0 bridgehead atoms. The van der Waals surface area contributed by atoms with E-state index in [-0.39, 0.29) is 6.42 Å². The van der Waals surface area contributed by atoms with Crippen LogP contribution in [0.15, 0.2) is 0 Å². The minimum Gasteiger partial charge on any atom is -0.432 e. The van der Waals surface area contributed by atoms with Crippen molar-refractivity contribution in [2.75, 3.05) is 6.61 Å². The zero-order valence-electron chi connectivity index (χ0n) is 14.7. The average Bonchev–Trinajstić information content (AvgIpc) is 2.55. The molecule has 26 heavy (non-hydrogen) atoms. The summed E-state index contributed by atoms with van der Waals surface area (Å²) in [5.41, 5.74) is 0. The lowest BCUT2D eigenvalue weighted by Gasteiger charge is -2.28. The SMILES string of the molecule is CCCCCCCCCC(=O)O[C@@H]1NC(=O)[C@H](COS(=O)(=O)O)NC1=O. The Labute approximate surface area is 152 Å². The topological polar surface area (TPSA) is 148 Å². The van der Waals surface area contributed by atoms with Crippen LogP contribution in [0.4, 0.5) is 0 Å². The van der Waals surface area contributed by atoms with Crippen molar-refractivity contribution in [2.24, 2.45) is 0 Å². The van der Waals surface area contributed by atoms with Crippen LogP contribution < -0.4 is 10.6 Å². The van der Waals surface area contributed by atoms with Crippen molar-refractivity contribution in [2.45, 2.75) is 70.6 Å². The maximum absolute atomic E-state index is 11.8. The summed E-state index contributed by atoms with van der Waals surface area (Å²) < 4.78 is 38.4. The molecule has 0 aromatic rings. The number of ether oxygens (including phenoxy) is 1. The first-order chi connectivity index (χ1) is 12.2. The predicted molar refractivity (Wildman–Crippen MR) is 90.1 cm³/mol. The molecule has 3 N–H and O–H groups in total. The summed E-state index contributed by atoms with van der Waals surface area (Å²) in [4.78, 5) is 35.3. The van der Waals surface area contributed by atoms with Crippen LogP contribution in [0.1, 0.15) is 58.3 Å². The Kier molecular flexibility index (Phi) is 9.52. The van der Waals surface area contributed by atoms with Gasteiger partial charge in [0.05, 0.1) is 6.61 Å². The highest BCUT2D eigenvalue weighted by atomic mass is 32.3. The second-order valence-corrected chi connectivity index (χ2v) is 7.11. The first-order valence-electron chi connectivity index (χ1n) is 8.65. The first kappa shape index (κ1) is 22.3. The number of nitrogens with one attached hydrogen (secondary N) is 2. The van der Waals surface area contributed by atoms with Crippen LogP contribution in [-0.4, -0.2) is 49.6 Å². The van der Waals surface area contributed by atoms with Crippen LogP contribution in [0, 0.1) is 0 Å². The van der Waals surface area contributed by atoms with Gasteiger partial charge in [-0.05, 0) is 6.42 Å². The second kappa shape index (κ2) is 11.1. The van der Waals surface area contributed by atoms with Gasteiger partial charge in [-0.1, -0.05) is 45.4 Å². The highest BCUT2D eigenvalue weighted by Gasteiger charge is 2.36. The Morgan fingerprint density at radius 1 is 1.04 bits per heavy atom. The number of hydrogen-bond acceptors (Lipinski definition) is 7. The summed E-state index contributed by atoms with van der Waals surface area (Å²) in [6, 6.07) is -1.32. The molecule has 1 saturated heterocycles. The van der Waals surface area contributed by atoms with Crippen molar-refractivity contribution in [3.8, 4) is 0 Å². The van der Waals surface area contributed by atoms with E-state index in [1.807, 2.05) is 0 Å². The molecule has 2 atom stereocenters. The molecular weight excluding hydrogens is 368 g/mol. The fraction of sp³-hybridized carbons (Fsp3) is 0.800. The van der Waals surface area contributed by atoms with Crippen molar-refractivity contribution < 1.29 is 36.3 Å². The van der Waals surface area contributed by atoms with Gasteiger partial charge in [0.15, 0.2) is 0 Å². The normalized spacial score (nSPS) is 20.4. The van der Waals surface area contributed by atoms with Gasteiger partial charge in [0.2, 0.25) is 5.91 Å². The third kappa shape index (κ3) is 9.11. The maximum Gasteiger partial charge on any atom is 0.397 e. The monoisotopic (exact) mass is 394 g/mol. The number of carbonyl (C=O) groups excluding carboxylic acids is 3. The Morgan fingerprint density at radius 3 is 2.27 bits per heavy atom. The third-order valence-electron chi connectivity index (χ3n) is 3.76. The van der Waals surface area contributed by atoms with Crippen molar-refractivity contribution in [1.82, 2.24) is 10.6 Å². The van der Waals surface area contributed by atoms with E-state index in [0.717, 1.165) is 19.3 Å². The van der Waals surface area contributed by atoms with Crippen LogP contribution in [0.25, 0.3) is 0 Å². The van der Waals surface area contributed by atoms with Crippen LogP contribution in [0.5, 0.6) is 0 Å². The van der Waals surface area contributed by atoms with E-state index in [1.54, 1.807) is 0 Å². The van der Waals surface area contributed by atoms with Gasteiger partial charge in [0.1, 0.15) is 6.04 Å². The first-order valence-corrected chi connectivity index (χ1v) is 10.0. The fourth-order valence-electron chi connectivity index (χ4n) is 2.38. The Morgan fingerprint density at radius 2 is 1.65 bits per heavy atom. The molecular formula is C15H26N2O8S. The number of esters is 1. The van der Waals surface area contributed by atoms with E-state index in [4.69, 9.17) is 9.29 Å². The molecule has 0 saturated carbocycles. The summed E-state index contributed by atoms with van der Waals surface area (Å²) in [5, 5.41) is 4.32. The molecule has 1 aliphatic rings. The molecule has 2 amide bonds. The zero-order chi connectivity index (χ0) is 19.6. The fourth-order valence-corrected chi connectivity index (χ4v) is 2.69. The van der Waals surface area contributed by atoms with Gasteiger partial charge in [-0.25, -0.2) is 4.18 Å². The standard InChI is InChI=1S/C15H26N2O8S/c1-2-3-4-5-6-7-8-9-12(18)25-15-14(20)16-11(13(19)17-15)10-24-26(21,22)23/h11,15H,2-10H2,1H3,(H,16,20)(H,17,19)(H,21,22,23)/t11-,15-/m0/s1. The summed E-state index contributed by atoms with van der Waals surface area (Å²) in [7, 11) is -4.73. The number of piperazine rings is 1. The molecule has 0 aliphatic carbocycles. The van der Waals surface area contributed by atoms with E-state index in [2.05, 4.69) is 21.7 Å². The molecule has 0 spiro atoms. The van der Waals surface area contributed by atoms with Gasteiger partial charge >= 0.3 is 16.4 Å². The minimum absolute atomic E-state index is 0.142. The van der Waals surface area contributed by atoms with Crippen molar-refractivity contribution in [1.29, 1.82) is 0 Å². The zero-order valence-corrected chi connectivity index (χ0v) is 15.5. The molecule has 1 aliphatic heterocycles. The second-order valence-electron chi connectivity index (χ2n) is 6.02. The lowest BCUT2D eigenvalue weighted by Crippen LogP contribution is -2.64. The number of unbranched alkanes of at least 4 members (excludes halogenated alkanes) is 6. The average molecular weight is 394 g/mol. The summed E-state index contributed by atoms with van der Waals surface area (Å²) in [6.45, 7) is 1.37. The number of rotatable bonds is 12. The number of amides is 2. The Balaban J connectivity index is 2.28. The molecule has 11 heteroatoms. The molecule has 1 rings (SSSR count). The molecule has 0 unspecified atom stereocenters. The molecule has 150 valence electrons. The van der Waals surface area contributed by atoms with Gasteiger partial charge < -0.3 is 15.4 Å². The molecule has 1 fully saturated rings. The van der Waals surface area contributed by atoms with Crippen LogP contribution in [-0.2, 0) is 33.7 Å². The highest BCUT2D eigenvalue weighted by molar-refractivity contribution is 7.80. The molecule has 0 aromatic heterocycles. The van der Waals surface area contributed by atoms with Crippen molar-refractivity contribution >= 4 is 28.2 Å². The lowest BCUT2D eigenvalue weighted by molar-refractivity contribution is -0.163. The molecule has 0 radical (unpaired) electrons. The smallest absolute Gasteiger partial charge is 0.397 e. The van der Waals surface area contributed by atoms with Crippen LogP contribution >= 0.6 is 0 Å². The van der Waals surface area contributed by atoms with E-state index in [0.29, 0.717) is 6.42 Å². The van der Waals surface area contributed by atoms with E-state index in [1.165, 1.54) is 19.3 Å². The van der Waals surface area contributed by atoms with E-state index < -0.39 is 47.1 Å². The molecule has 0 aromatic carbocycles. The van der Waals surface area contributed by atoms with Gasteiger partial charge in [0.25, 0.3) is 12.1 Å². The van der Waals surface area contributed by atoms with Gasteiger partial charge in [-0.3, -0.25) is 18.9 Å². The maximum atomic E-state index is 11.8. The minimum atomic E-state index is -4.73. The van der Waals surface area contributed by atoms with Crippen molar-refractivity contribution in [3.05, 3.63) is 0 Å². The third-order valence-corrected chi connectivity index (χ3v) is 4.20. The Hall–Kier alpha value is -1.72. The van der Waals surface area contributed by atoms with Gasteiger partial charge in [-0.2, -0.15) is 8.42 Å². The highest BCUT2D eigenvalue weighted by Crippen LogP contribution is 2.10. The lowest BCUT2D eigenvalue weighted by atomic mass is 10.1. The summed E-state index contributed by atoms with van der Waals surface area (Å²) in [5.74, 6) is -2.20. The largest absolute Gasteiger partial charge is 0.432 e. The van der Waals surface area contributed by atoms with Crippen molar-refractivity contribution in [3.63, 3.8) is 0 Å². The van der Waals surface area contributed by atoms with E-state index in [9.17, 15) is 22.8 Å². The molecule has 10 nitrogen and oxygen atoms in total. The quantitative estimate of drug-likeness (QED) is 0.245. The number of carbonyl (C=O) groups is 3. The number of hydrogen-bond donors (Lipinski definition) is 3. The van der Waals surface area contributed by atoms with E-state index >= 15 is 0 Å². The Bertz CT molecular complexity index is 592. The van der Waals surface area contributed by atoms with Crippen LogP contribution in [0.2, 0.25) is 0 Å². The van der Waals surface area contributed by atoms with Gasteiger partial charge in [-0.15, -0.1) is 0 Å². The molecule has 1 heterocycles. The summed E-state index contributed by atoms with van der Waals surface area (Å²) >= 11 is 0. The predicted octanol–water partition coefficient (Wildman–Crippen LogP) is 0.430. The summed E-state index contributed by atoms with van der Waals surface area (Å²) in [6.07, 6.45) is 5.90. The van der Waals surface area contributed by atoms with Gasteiger partial charge in [0, 0.05) is 6.42 Å². The van der Waals surface area contributed by atoms with Crippen LogP contribution in [0.3, 0.4) is 0 Å².